The van der Waals surface area contributed by atoms with Gasteiger partial charge in [0, 0.05) is 27.9 Å². The molecule has 4 unspecified atom stereocenters. The Morgan fingerprint density at radius 3 is 1.81 bits per heavy atom. The van der Waals surface area contributed by atoms with E-state index in [0.29, 0.717) is 0 Å². The molecule has 0 saturated carbocycles. The highest BCUT2D eigenvalue weighted by atomic mass is 15.5. The summed E-state index contributed by atoms with van der Waals surface area (Å²) in [6.07, 6.45) is 7.30. The standard InChI is InChI=1S/C48H48N6/c1-6-34-22-16-18-28-39(34)54-43(52(37-25-14-11-15-26-37)45-44(54)49-33-35(7-2)50-45)32-48(9-4)46-51(36-23-12-10-13-24-36)41-30-20-21-31-42(41)53(46)40-29-19-17-27-38(40)47(48,5)8-3/h6,10-31,33,43,46H,1,7-9,32H2,2-5H3. The summed E-state index contributed by atoms with van der Waals surface area (Å²) in [4.78, 5) is 20.9. The molecule has 3 aliphatic heterocycles. The van der Waals surface area contributed by atoms with Gasteiger partial charge in [-0.25, -0.2) is 9.97 Å². The van der Waals surface area contributed by atoms with Crippen LogP contribution in [0.15, 0.2) is 146 Å². The van der Waals surface area contributed by atoms with E-state index in [9.17, 15) is 0 Å². The summed E-state index contributed by atoms with van der Waals surface area (Å²) in [7, 11) is 0. The van der Waals surface area contributed by atoms with Crippen molar-refractivity contribution in [1.82, 2.24) is 9.97 Å². The molecule has 5 aromatic carbocycles. The predicted molar refractivity (Wildman–Crippen MR) is 225 cm³/mol. The maximum atomic E-state index is 5.38. The number of hydrogen-bond donors (Lipinski definition) is 0. The quantitative estimate of drug-likeness (QED) is 0.149. The second-order valence-corrected chi connectivity index (χ2v) is 15.0. The molecule has 4 atom stereocenters. The molecule has 270 valence electrons. The lowest BCUT2D eigenvalue weighted by molar-refractivity contribution is 0.0567. The zero-order valence-electron chi connectivity index (χ0n) is 31.7. The van der Waals surface area contributed by atoms with Crippen molar-refractivity contribution in [1.29, 1.82) is 0 Å². The second-order valence-electron chi connectivity index (χ2n) is 15.0. The predicted octanol–water partition coefficient (Wildman–Crippen LogP) is 12.1. The Bertz CT molecular complexity index is 2320. The Balaban J connectivity index is 1.35. The van der Waals surface area contributed by atoms with Gasteiger partial charge < -0.3 is 19.6 Å². The molecular weight excluding hydrogens is 661 g/mol. The normalized spacial score (nSPS) is 22.4. The highest BCUT2D eigenvalue weighted by molar-refractivity contribution is 5.91. The van der Waals surface area contributed by atoms with E-state index in [1.54, 1.807) is 0 Å². The first-order valence-electron chi connectivity index (χ1n) is 19.5. The third-order valence-electron chi connectivity index (χ3n) is 12.8. The highest BCUT2D eigenvalue weighted by Crippen LogP contribution is 2.67. The number of para-hydroxylation sites is 6. The molecule has 6 nitrogen and oxygen atoms in total. The van der Waals surface area contributed by atoms with E-state index in [0.717, 1.165) is 60.0 Å². The number of fused-ring (bicyclic) bond motifs is 6. The van der Waals surface area contributed by atoms with Gasteiger partial charge in [0.2, 0.25) is 0 Å². The largest absolute Gasteiger partial charge is 0.318 e. The molecule has 0 amide bonds. The Morgan fingerprint density at radius 1 is 0.611 bits per heavy atom. The average molecular weight is 709 g/mol. The Hall–Kier alpha value is -5.88. The molecule has 4 heterocycles. The molecule has 0 N–H and O–H groups in total. The first-order valence-corrected chi connectivity index (χ1v) is 19.5. The van der Waals surface area contributed by atoms with E-state index in [1.165, 1.54) is 28.3 Å². The van der Waals surface area contributed by atoms with Crippen LogP contribution in [0.4, 0.5) is 45.8 Å². The first-order chi connectivity index (χ1) is 26.5. The average Bonchev–Trinajstić information content (AvgIpc) is 3.75. The van der Waals surface area contributed by atoms with Gasteiger partial charge in [0.05, 0.1) is 29.0 Å². The third-order valence-corrected chi connectivity index (χ3v) is 12.8. The highest BCUT2D eigenvalue weighted by Gasteiger charge is 2.64. The summed E-state index contributed by atoms with van der Waals surface area (Å²) in [5, 5.41) is 0. The van der Waals surface area contributed by atoms with Gasteiger partial charge in [0.1, 0.15) is 12.3 Å². The van der Waals surface area contributed by atoms with Crippen LogP contribution in [0.25, 0.3) is 6.08 Å². The van der Waals surface area contributed by atoms with Crippen molar-refractivity contribution in [2.24, 2.45) is 5.41 Å². The zero-order valence-corrected chi connectivity index (χ0v) is 31.7. The maximum Gasteiger partial charge on any atom is 0.178 e. The van der Waals surface area contributed by atoms with Crippen LogP contribution >= 0.6 is 0 Å². The van der Waals surface area contributed by atoms with Crippen molar-refractivity contribution >= 4 is 51.8 Å². The molecule has 0 fully saturated rings. The number of aryl methyl sites for hydroxylation is 1. The van der Waals surface area contributed by atoms with Crippen LogP contribution in [0, 0.1) is 5.41 Å². The van der Waals surface area contributed by atoms with E-state index in [1.807, 2.05) is 12.3 Å². The lowest BCUT2D eigenvalue weighted by Gasteiger charge is -2.61. The molecule has 3 aliphatic rings. The van der Waals surface area contributed by atoms with Gasteiger partial charge in [-0.3, -0.25) is 0 Å². The zero-order chi connectivity index (χ0) is 37.0. The van der Waals surface area contributed by atoms with Crippen molar-refractivity contribution in [3.05, 3.63) is 163 Å². The smallest absolute Gasteiger partial charge is 0.178 e. The van der Waals surface area contributed by atoms with Crippen LogP contribution in [0.2, 0.25) is 0 Å². The summed E-state index contributed by atoms with van der Waals surface area (Å²) in [6.45, 7) is 13.8. The van der Waals surface area contributed by atoms with Crippen molar-refractivity contribution in [3.63, 3.8) is 0 Å². The Labute approximate surface area is 320 Å². The number of anilines is 8. The maximum absolute atomic E-state index is 5.38. The van der Waals surface area contributed by atoms with Crippen LogP contribution in [-0.2, 0) is 11.8 Å². The molecule has 0 aliphatic carbocycles. The minimum Gasteiger partial charge on any atom is -0.318 e. The molecule has 6 heteroatoms. The fourth-order valence-corrected chi connectivity index (χ4v) is 10.0. The minimum absolute atomic E-state index is 0.0212. The van der Waals surface area contributed by atoms with Gasteiger partial charge in [-0.2, -0.15) is 0 Å². The van der Waals surface area contributed by atoms with Crippen molar-refractivity contribution < 1.29 is 0 Å². The fraction of sp³-hybridized carbons (Fsp3) is 0.250. The lowest BCUT2D eigenvalue weighted by Crippen LogP contribution is -2.65. The van der Waals surface area contributed by atoms with E-state index in [2.05, 4.69) is 187 Å². The molecule has 9 rings (SSSR count). The van der Waals surface area contributed by atoms with Crippen LogP contribution in [-0.4, -0.2) is 22.3 Å². The molecule has 0 bridgehead atoms. The van der Waals surface area contributed by atoms with Crippen LogP contribution in [0.3, 0.4) is 0 Å². The van der Waals surface area contributed by atoms with Crippen LogP contribution in [0.1, 0.15) is 63.8 Å². The van der Waals surface area contributed by atoms with Gasteiger partial charge in [-0.15, -0.1) is 0 Å². The molecule has 0 radical (unpaired) electrons. The SMILES string of the molecule is C=Cc1ccccc1N1c2ncc(CC)nc2N(c2ccccc2)C1CC1(CC)C2N(c3ccccc3)c3ccccc3N2c2ccccc2C1(C)CC. The molecular formula is C48H48N6. The van der Waals surface area contributed by atoms with Crippen molar-refractivity contribution in [3.8, 4) is 0 Å². The first kappa shape index (κ1) is 33.9. The van der Waals surface area contributed by atoms with Gasteiger partial charge in [0.25, 0.3) is 0 Å². The van der Waals surface area contributed by atoms with E-state index >= 15 is 0 Å². The van der Waals surface area contributed by atoms with E-state index in [-0.39, 0.29) is 23.2 Å². The van der Waals surface area contributed by atoms with Crippen molar-refractivity contribution in [2.45, 2.75) is 71.1 Å². The van der Waals surface area contributed by atoms with Gasteiger partial charge in [0.15, 0.2) is 11.6 Å². The summed E-state index contributed by atoms with van der Waals surface area (Å²) >= 11 is 0. The Kier molecular flexibility index (Phi) is 8.30. The van der Waals surface area contributed by atoms with E-state index in [4.69, 9.17) is 9.97 Å². The van der Waals surface area contributed by atoms with E-state index < -0.39 is 0 Å². The summed E-state index contributed by atoms with van der Waals surface area (Å²) < 4.78 is 0. The van der Waals surface area contributed by atoms with Crippen LogP contribution in [0.5, 0.6) is 0 Å². The molecule has 54 heavy (non-hydrogen) atoms. The minimum atomic E-state index is -0.306. The summed E-state index contributed by atoms with van der Waals surface area (Å²) in [5.74, 6) is 1.78. The number of rotatable bonds is 9. The van der Waals surface area contributed by atoms with Crippen molar-refractivity contribution in [2.75, 3.05) is 19.6 Å². The molecule has 1 aromatic heterocycles. The second kappa shape index (κ2) is 13.2. The fourth-order valence-electron chi connectivity index (χ4n) is 10.0. The number of benzene rings is 5. The van der Waals surface area contributed by atoms with Gasteiger partial charge in [-0.05, 0) is 85.3 Å². The summed E-state index contributed by atoms with van der Waals surface area (Å²) in [6, 6.07) is 48.6. The number of aromatic nitrogens is 2. The molecule has 0 saturated heterocycles. The molecule has 0 spiro atoms. The van der Waals surface area contributed by atoms with Gasteiger partial charge in [-0.1, -0.05) is 125 Å². The van der Waals surface area contributed by atoms with Gasteiger partial charge >= 0.3 is 0 Å². The lowest BCUT2D eigenvalue weighted by atomic mass is 9.52. The van der Waals surface area contributed by atoms with Crippen LogP contribution < -0.4 is 19.6 Å². The number of hydrogen-bond acceptors (Lipinski definition) is 6. The monoisotopic (exact) mass is 708 g/mol. The Morgan fingerprint density at radius 2 is 1.19 bits per heavy atom. The summed E-state index contributed by atoms with van der Waals surface area (Å²) in [5.41, 5.74) is 10.1. The topological polar surface area (TPSA) is 38.7 Å². The number of nitrogens with zero attached hydrogens (tertiary/aromatic N) is 6. The third kappa shape index (κ3) is 4.78. The molecule has 6 aromatic rings.